The lowest BCUT2D eigenvalue weighted by atomic mass is 9.95. The second-order valence-electron chi connectivity index (χ2n) is 6.16. The molecule has 6 heteroatoms. The number of thiazole rings is 1. The third kappa shape index (κ3) is 3.39. The first-order chi connectivity index (χ1) is 12.8. The van der Waals surface area contributed by atoms with E-state index in [0.29, 0.717) is 12.2 Å². The van der Waals surface area contributed by atoms with Crippen molar-refractivity contribution in [3.63, 3.8) is 0 Å². The van der Waals surface area contributed by atoms with E-state index in [1.54, 1.807) is 22.7 Å². The Morgan fingerprint density at radius 1 is 1.23 bits per heavy atom. The molecular formula is C20H20N2O2S2. The fraction of sp³-hybridized carbons (Fsp3) is 0.300. The lowest BCUT2D eigenvalue weighted by Gasteiger charge is -2.12. The van der Waals surface area contributed by atoms with Gasteiger partial charge in [-0.3, -0.25) is 0 Å². The number of anilines is 2. The SMILES string of the molecule is CCOC(=O)c1c(Nc2nc(-c3ccccc3)cs2)sc2c1CCCC2. The summed E-state index contributed by atoms with van der Waals surface area (Å²) in [5.41, 5.74) is 3.91. The number of ether oxygens (including phenoxy) is 1. The smallest absolute Gasteiger partial charge is 0.341 e. The van der Waals surface area contributed by atoms with Crippen molar-refractivity contribution in [1.29, 1.82) is 0 Å². The maximum Gasteiger partial charge on any atom is 0.341 e. The number of rotatable bonds is 5. The topological polar surface area (TPSA) is 51.2 Å². The van der Waals surface area contributed by atoms with E-state index in [1.165, 1.54) is 16.9 Å². The maximum atomic E-state index is 12.5. The van der Waals surface area contributed by atoms with Crippen LogP contribution < -0.4 is 5.32 Å². The molecule has 0 amide bonds. The zero-order valence-electron chi connectivity index (χ0n) is 14.6. The molecule has 0 radical (unpaired) electrons. The van der Waals surface area contributed by atoms with Crippen LogP contribution in [-0.2, 0) is 17.6 Å². The van der Waals surface area contributed by atoms with Gasteiger partial charge in [-0.1, -0.05) is 30.3 Å². The highest BCUT2D eigenvalue weighted by molar-refractivity contribution is 7.18. The summed E-state index contributed by atoms with van der Waals surface area (Å²) >= 11 is 3.22. The first-order valence-corrected chi connectivity index (χ1v) is 10.6. The minimum absolute atomic E-state index is 0.228. The Hall–Kier alpha value is -2.18. The predicted octanol–water partition coefficient (Wildman–Crippen LogP) is 5.67. The number of nitrogens with zero attached hydrogens (tertiary/aromatic N) is 1. The molecule has 0 fully saturated rings. The molecule has 0 unspecified atom stereocenters. The Bertz CT molecular complexity index is 915. The average Bonchev–Trinajstić information content (AvgIpc) is 3.27. The van der Waals surface area contributed by atoms with Gasteiger partial charge in [-0.15, -0.1) is 22.7 Å². The van der Waals surface area contributed by atoms with E-state index in [-0.39, 0.29) is 5.97 Å². The van der Waals surface area contributed by atoms with Crippen molar-refractivity contribution in [2.75, 3.05) is 11.9 Å². The molecule has 3 aromatic rings. The van der Waals surface area contributed by atoms with E-state index in [4.69, 9.17) is 9.72 Å². The van der Waals surface area contributed by atoms with Crippen molar-refractivity contribution >= 4 is 38.8 Å². The van der Waals surface area contributed by atoms with Crippen LogP contribution in [0, 0.1) is 0 Å². The normalized spacial score (nSPS) is 13.3. The number of thiophene rings is 1. The first kappa shape index (κ1) is 17.2. The fourth-order valence-corrected chi connectivity index (χ4v) is 5.31. The number of carbonyl (C=O) groups excluding carboxylic acids is 1. The van der Waals surface area contributed by atoms with Crippen LogP contribution in [0.3, 0.4) is 0 Å². The van der Waals surface area contributed by atoms with E-state index in [0.717, 1.165) is 40.7 Å². The molecule has 0 saturated heterocycles. The number of aromatic nitrogens is 1. The minimum atomic E-state index is -0.228. The molecule has 0 atom stereocenters. The second kappa shape index (κ2) is 7.60. The Morgan fingerprint density at radius 2 is 2.04 bits per heavy atom. The summed E-state index contributed by atoms with van der Waals surface area (Å²) < 4.78 is 5.32. The van der Waals surface area contributed by atoms with E-state index >= 15 is 0 Å². The van der Waals surface area contributed by atoms with Crippen molar-refractivity contribution in [2.45, 2.75) is 32.6 Å². The van der Waals surface area contributed by atoms with Crippen molar-refractivity contribution < 1.29 is 9.53 Å². The molecule has 4 rings (SSSR count). The highest BCUT2D eigenvalue weighted by Gasteiger charge is 2.26. The van der Waals surface area contributed by atoms with Gasteiger partial charge >= 0.3 is 5.97 Å². The summed E-state index contributed by atoms with van der Waals surface area (Å²) in [5, 5.41) is 7.09. The average molecular weight is 385 g/mol. The molecule has 0 bridgehead atoms. The molecule has 1 aliphatic rings. The third-order valence-corrected chi connectivity index (χ3v) is 6.41. The zero-order chi connectivity index (χ0) is 17.9. The van der Waals surface area contributed by atoms with Gasteiger partial charge in [0.25, 0.3) is 0 Å². The number of benzene rings is 1. The van der Waals surface area contributed by atoms with Crippen molar-refractivity contribution in [3.8, 4) is 11.3 Å². The van der Waals surface area contributed by atoms with Crippen LogP contribution >= 0.6 is 22.7 Å². The number of hydrogen-bond acceptors (Lipinski definition) is 6. The molecule has 0 spiro atoms. The molecule has 1 aliphatic carbocycles. The van der Waals surface area contributed by atoms with Gasteiger partial charge in [0.2, 0.25) is 0 Å². The van der Waals surface area contributed by atoms with E-state index in [2.05, 4.69) is 5.32 Å². The van der Waals surface area contributed by atoms with Gasteiger partial charge in [0.1, 0.15) is 5.00 Å². The molecule has 0 aliphatic heterocycles. The first-order valence-electron chi connectivity index (χ1n) is 8.86. The van der Waals surface area contributed by atoms with Crippen molar-refractivity contribution in [2.24, 2.45) is 0 Å². The zero-order valence-corrected chi connectivity index (χ0v) is 16.2. The molecule has 0 saturated carbocycles. The molecular weight excluding hydrogens is 364 g/mol. The predicted molar refractivity (Wildman–Crippen MR) is 108 cm³/mol. The second-order valence-corrected chi connectivity index (χ2v) is 8.13. The summed E-state index contributed by atoms with van der Waals surface area (Å²) in [6.45, 7) is 2.23. The van der Waals surface area contributed by atoms with Gasteiger partial charge in [-0.05, 0) is 38.2 Å². The maximum absolute atomic E-state index is 12.5. The van der Waals surface area contributed by atoms with Crippen LogP contribution in [0.2, 0.25) is 0 Å². The molecule has 26 heavy (non-hydrogen) atoms. The van der Waals surface area contributed by atoms with Crippen LogP contribution in [0.25, 0.3) is 11.3 Å². The van der Waals surface area contributed by atoms with Crippen LogP contribution in [0.1, 0.15) is 40.6 Å². The summed E-state index contributed by atoms with van der Waals surface area (Å²) in [7, 11) is 0. The summed E-state index contributed by atoms with van der Waals surface area (Å²) in [6, 6.07) is 10.1. The summed E-state index contributed by atoms with van der Waals surface area (Å²) in [6.07, 6.45) is 4.31. The van der Waals surface area contributed by atoms with Gasteiger partial charge < -0.3 is 10.1 Å². The van der Waals surface area contributed by atoms with E-state index in [1.807, 2.05) is 42.6 Å². The molecule has 4 nitrogen and oxygen atoms in total. The van der Waals surface area contributed by atoms with Gasteiger partial charge in [0, 0.05) is 15.8 Å². The van der Waals surface area contributed by atoms with Crippen LogP contribution in [-0.4, -0.2) is 17.6 Å². The van der Waals surface area contributed by atoms with E-state index < -0.39 is 0 Å². The van der Waals surface area contributed by atoms with Gasteiger partial charge in [0.05, 0.1) is 17.9 Å². The van der Waals surface area contributed by atoms with Gasteiger partial charge in [-0.2, -0.15) is 0 Å². The number of esters is 1. The lowest BCUT2D eigenvalue weighted by Crippen LogP contribution is -2.10. The highest BCUT2D eigenvalue weighted by atomic mass is 32.1. The van der Waals surface area contributed by atoms with Gasteiger partial charge in [0.15, 0.2) is 5.13 Å². The monoisotopic (exact) mass is 384 g/mol. The van der Waals surface area contributed by atoms with E-state index in [9.17, 15) is 4.79 Å². The Balaban J connectivity index is 1.65. The third-order valence-electron chi connectivity index (χ3n) is 4.45. The number of carbonyl (C=O) groups is 1. The Labute approximate surface area is 160 Å². The Kier molecular flexibility index (Phi) is 5.04. The van der Waals surface area contributed by atoms with Crippen LogP contribution in [0.5, 0.6) is 0 Å². The summed E-state index contributed by atoms with van der Waals surface area (Å²) in [5.74, 6) is -0.228. The number of nitrogens with one attached hydrogen (secondary N) is 1. The van der Waals surface area contributed by atoms with Crippen LogP contribution in [0.4, 0.5) is 10.1 Å². The highest BCUT2D eigenvalue weighted by Crippen LogP contribution is 2.40. The lowest BCUT2D eigenvalue weighted by molar-refractivity contribution is 0.0526. The minimum Gasteiger partial charge on any atom is -0.462 e. The standard InChI is InChI=1S/C20H20N2O2S2/c1-2-24-19(23)17-14-10-6-7-11-16(14)26-18(17)22-20-21-15(12-25-20)13-8-4-3-5-9-13/h3-5,8-9,12H,2,6-7,10-11H2,1H3,(H,21,22). The van der Waals surface area contributed by atoms with Crippen LogP contribution in [0.15, 0.2) is 35.7 Å². The fourth-order valence-electron chi connectivity index (χ4n) is 3.24. The van der Waals surface area contributed by atoms with Crippen molar-refractivity contribution in [1.82, 2.24) is 4.98 Å². The number of fused-ring (bicyclic) bond motifs is 1. The Morgan fingerprint density at radius 3 is 2.85 bits per heavy atom. The molecule has 134 valence electrons. The molecule has 2 heterocycles. The molecule has 1 N–H and O–H groups in total. The van der Waals surface area contributed by atoms with Gasteiger partial charge in [-0.25, -0.2) is 9.78 Å². The van der Waals surface area contributed by atoms with Crippen molar-refractivity contribution in [3.05, 3.63) is 51.7 Å². The molecule has 1 aromatic carbocycles. The number of hydrogen-bond donors (Lipinski definition) is 1. The summed E-state index contributed by atoms with van der Waals surface area (Å²) in [4.78, 5) is 18.5. The largest absolute Gasteiger partial charge is 0.462 e. The number of aryl methyl sites for hydroxylation is 1. The molecule has 2 aromatic heterocycles. The quantitative estimate of drug-likeness (QED) is 0.576.